The minimum Gasteiger partial charge on any atom is -1.00 e. The largest absolute Gasteiger partial charge is 1.00 e. The summed E-state index contributed by atoms with van der Waals surface area (Å²) < 4.78 is 23.8. The second kappa shape index (κ2) is 6.69. The van der Waals surface area contributed by atoms with Gasteiger partial charge in [-0.3, -0.25) is 0 Å². The van der Waals surface area contributed by atoms with Crippen LogP contribution in [0.25, 0.3) is 22.0 Å². The summed E-state index contributed by atoms with van der Waals surface area (Å²) >= 11 is 0. The van der Waals surface area contributed by atoms with Crippen LogP contribution in [0.1, 0.15) is 0 Å². The number of methoxy groups -OCH3 is 2. The summed E-state index contributed by atoms with van der Waals surface area (Å²) in [5.74, 6) is 3.00. The molecule has 6 heteroatoms. The van der Waals surface area contributed by atoms with Crippen LogP contribution in [-0.2, 0) is 7.05 Å². The van der Waals surface area contributed by atoms with Crippen LogP contribution in [-0.4, -0.2) is 21.0 Å². The first-order valence-corrected chi connectivity index (χ1v) is 7.65. The third-order valence-corrected chi connectivity index (χ3v) is 4.26. The van der Waals surface area contributed by atoms with E-state index in [4.69, 9.17) is 18.9 Å². The van der Waals surface area contributed by atoms with Crippen molar-refractivity contribution in [3.63, 3.8) is 0 Å². The SMILES string of the molecule is COc1cc2cc(-c3ccc4c(c3)OCO4)[n+](C)cc2cc1OC.[Cl-]. The maximum Gasteiger partial charge on any atom is 0.231 e. The number of ether oxygens (including phenoxy) is 4. The molecular weight excluding hydrogens is 342 g/mol. The third kappa shape index (κ3) is 2.91. The molecule has 0 aliphatic carbocycles. The average molecular weight is 360 g/mol. The van der Waals surface area contributed by atoms with Crippen LogP contribution in [0.3, 0.4) is 0 Å². The number of aryl methyl sites for hydroxylation is 1. The molecule has 0 atom stereocenters. The molecule has 0 bridgehead atoms. The average Bonchev–Trinajstić information content (AvgIpc) is 3.07. The number of nitrogens with zero attached hydrogens (tertiary/aromatic N) is 1. The first kappa shape index (κ1) is 17.2. The van der Waals surface area contributed by atoms with Gasteiger partial charge in [0, 0.05) is 11.5 Å². The van der Waals surface area contributed by atoms with Crippen LogP contribution in [0, 0.1) is 0 Å². The van der Waals surface area contributed by atoms with Gasteiger partial charge in [-0.2, -0.15) is 0 Å². The fraction of sp³-hybridized carbons (Fsp3) is 0.211. The van der Waals surface area contributed by atoms with E-state index in [1.807, 2.05) is 37.4 Å². The van der Waals surface area contributed by atoms with Crippen LogP contribution in [0.4, 0.5) is 0 Å². The molecule has 5 nitrogen and oxygen atoms in total. The van der Waals surface area contributed by atoms with Crippen LogP contribution >= 0.6 is 0 Å². The first-order valence-electron chi connectivity index (χ1n) is 7.65. The Morgan fingerprint density at radius 1 is 0.880 bits per heavy atom. The zero-order valence-corrected chi connectivity index (χ0v) is 15.0. The fourth-order valence-electron chi connectivity index (χ4n) is 3.02. The molecule has 130 valence electrons. The molecular formula is C19H18ClNO4. The summed E-state index contributed by atoms with van der Waals surface area (Å²) in [7, 11) is 5.31. The van der Waals surface area contributed by atoms with Gasteiger partial charge in [0.15, 0.2) is 29.2 Å². The maximum absolute atomic E-state index is 5.49. The highest BCUT2D eigenvalue weighted by Crippen LogP contribution is 2.37. The van der Waals surface area contributed by atoms with E-state index in [2.05, 4.69) is 16.8 Å². The predicted octanol–water partition coefficient (Wildman–Crippen LogP) is 0.0812. The highest BCUT2D eigenvalue weighted by atomic mass is 35.5. The Bertz CT molecular complexity index is 942. The summed E-state index contributed by atoms with van der Waals surface area (Å²) in [5, 5.41) is 2.16. The summed E-state index contributed by atoms with van der Waals surface area (Å²) in [6.07, 6.45) is 2.08. The molecule has 0 fully saturated rings. The standard InChI is InChI=1S/C19H18NO4.ClH/c1-20-10-14-9-18(22-3)17(21-2)8-13(14)6-15(20)12-4-5-16-19(7-12)24-11-23-16;/h4-10H,11H2,1-3H3;1H/q+1;/p-1. The predicted molar refractivity (Wildman–Crippen MR) is 89.8 cm³/mol. The second-order valence-corrected chi connectivity index (χ2v) is 5.67. The van der Waals surface area contributed by atoms with Crippen LogP contribution in [0.15, 0.2) is 42.6 Å². The fourth-order valence-corrected chi connectivity index (χ4v) is 3.02. The minimum absolute atomic E-state index is 0. The van der Waals surface area contributed by atoms with Gasteiger partial charge in [0.25, 0.3) is 0 Å². The molecule has 0 radical (unpaired) electrons. The number of fused-ring (bicyclic) bond motifs is 2. The molecule has 0 unspecified atom stereocenters. The van der Waals surface area contributed by atoms with Crippen molar-refractivity contribution in [2.75, 3.05) is 21.0 Å². The molecule has 2 heterocycles. The number of pyridine rings is 1. The Labute approximate surface area is 152 Å². The number of rotatable bonds is 3. The molecule has 0 saturated carbocycles. The van der Waals surface area contributed by atoms with E-state index in [1.165, 1.54) is 0 Å². The Morgan fingerprint density at radius 2 is 1.56 bits per heavy atom. The van der Waals surface area contributed by atoms with E-state index in [9.17, 15) is 0 Å². The van der Waals surface area contributed by atoms with Crippen molar-refractivity contribution < 1.29 is 35.9 Å². The van der Waals surface area contributed by atoms with Gasteiger partial charge in [0.2, 0.25) is 12.5 Å². The highest BCUT2D eigenvalue weighted by Gasteiger charge is 2.19. The lowest BCUT2D eigenvalue weighted by Crippen LogP contribution is -3.00. The molecule has 25 heavy (non-hydrogen) atoms. The minimum atomic E-state index is 0. The van der Waals surface area contributed by atoms with Gasteiger partial charge >= 0.3 is 0 Å². The van der Waals surface area contributed by atoms with Crippen molar-refractivity contribution in [2.24, 2.45) is 7.05 Å². The van der Waals surface area contributed by atoms with E-state index >= 15 is 0 Å². The van der Waals surface area contributed by atoms with Crippen molar-refractivity contribution in [1.82, 2.24) is 0 Å². The van der Waals surface area contributed by atoms with Crippen molar-refractivity contribution in [3.05, 3.63) is 42.6 Å². The van der Waals surface area contributed by atoms with E-state index in [0.29, 0.717) is 0 Å². The molecule has 0 spiro atoms. The Kier molecular flexibility index (Phi) is 4.59. The molecule has 0 saturated heterocycles. The summed E-state index contributed by atoms with van der Waals surface area (Å²) in [5.41, 5.74) is 2.14. The van der Waals surface area contributed by atoms with Gasteiger partial charge in [-0.05, 0) is 35.7 Å². The molecule has 0 amide bonds. The van der Waals surface area contributed by atoms with Crippen LogP contribution in [0.5, 0.6) is 23.0 Å². The number of hydrogen-bond acceptors (Lipinski definition) is 4. The molecule has 1 aromatic heterocycles. The maximum atomic E-state index is 5.49. The quantitative estimate of drug-likeness (QED) is 0.621. The highest BCUT2D eigenvalue weighted by molar-refractivity contribution is 5.87. The molecule has 0 N–H and O–H groups in total. The van der Waals surface area contributed by atoms with Gasteiger partial charge in [-0.1, -0.05) is 0 Å². The topological polar surface area (TPSA) is 40.8 Å². The molecule has 3 aromatic rings. The Morgan fingerprint density at radius 3 is 2.28 bits per heavy atom. The molecule has 1 aliphatic heterocycles. The summed E-state index contributed by atoms with van der Waals surface area (Å²) in [4.78, 5) is 0. The number of halogens is 1. The van der Waals surface area contributed by atoms with Gasteiger partial charge in [0.05, 0.1) is 19.8 Å². The summed E-state index contributed by atoms with van der Waals surface area (Å²) in [6, 6.07) is 12.1. The van der Waals surface area contributed by atoms with Crippen LogP contribution < -0.4 is 35.9 Å². The van der Waals surface area contributed by atoms with Crippen molar-refractivity contribution >= 4 is 10.8 Å². The Hall–Kier alpha value is -2.66. The third-order valence-electron chi connectivity index (χ3n) is 4.26. The summed E-state index contributed by atoms with van der Waals surface area (Å²) in [6.45, 7) is 0.277. The lowest BCUT2D eigenvalue weighted by molar-refractivity contribution is -0.659. The molecule has 4 rings (SSSR count). The van der Waals surface area contributed by atoms with E-state index < -0.39 is 0 Å². The van der Waals surface area contributed by atoms with Crippen molar-refractivity contribution in [1.29, 1.82) is 0 Å². The van der Waals surface area contributed by atoms with E-state index in [-0.39, 0.29) is 19.2 Å². The van der Waals surface area contributed by atoms with E-state index in [0.717, 1.165) is 45.0 Å². The molecule has 1 aliphatic rings. The number of hydrogen-bond donors (Lipinski definition) is 0. The van der Waals surface area contributed by atoms with Crippen molar-refractivity contribution in [2.45, 2.75) is 0 Å². The Balaban J connectivity index is 0.00000182. The van der Waals surface area contributed by atoms with Gasteiger partial charge in [0.1, 0.15) is 7.05 Å². The lowest BCUT2D eigenvalue weighted by Gasteiger charge is -2.09. The zero-order valence-electron chi connectivity index (χ0n) is 14.2. The lowest BCUT2D eigenvalue weighted by atomic mass is 10.1. The van der Waals surface area contributed by atoms with E-state index in [1.54, 1.807) is 14.2 Å². The monoisotopic (exact) mass is 359 g/mol. The van der Waals surface area contributed by atoms with Crippen molar-refractivity contribution in [3.8, 4) is 34.3 Å². The second-order valence-electron chi connectivity index (χ2n) is 5.67. The van der Waals surface area contributed by atoms with Gasteiger partial charge in [-0.15, -0.1) is 0 Å². The first-order chi connectivity index (χ1) is 11.7. The smallest absolute Gasteiger partial charge is 0.231 e. The molecule has 2 aromatic carbocycles. The van der Waals surface area contributed by atoms with Crippen LogP contribution in [0.2, 0.25) is 0 Å². The van der Waals surface area contributed by atoms with Gasteiger partial charge < -0.3 is 31.4 Å². The number of benzene rings is 2. The zero-order chi connectivity index (χ0) is 16.7. The van der Waals surface area contributed by atoms with Gasteiger partial charge in [-0.25, -0.2) is 4.57 Å². The normalized spacial score (nSPS) is 12.0. The number of aromatic nitrogens is 1.